The summed E-state index contributed by atoms with van der Waals surface area (Å²) in [6, 6.07) is 8.57. The Balaban J connectivity index is 2.36. The van der Waals surface area contributed by atoms with Crippen LogP contribution in [0.3, 0.4) is 0 Å². The van der Waals surface area contributed by atoms with E-state index in [2.05, 4.69) is 43.4 Å². The lowest BCUT2D eigenvalue weighted by molar-refractivity contribution is -0.147. The van der Waals surface area contributed by atoms with Crippen LogP contribution in [0.15, 0.2) is 24.3 Å². The van der Waals surface area contributed by atoms with Gasteiger partial charge in [-0.1, -0.05) is 38.1 Å². The highest BCUT2D eigenvalue weighted by molar-refractivity contribution is 5.73. The molecule has 3 heteroatoms. The lowest BCUT2D eigenvalue weighted by Crippen LogP contribution is -2.28. The Morgan fingerprint density at radius 2 is 1.84 bits per heavy atom. The number of hydrogen-bond acceptors (Lipinski definition) is 2. The fourth-order valence-corrected chi connectivity index (χ4v) is 1.76. The summed E-state index contributed by atoms with van der Waals surface area (Å²) in [6.45, 7) is 9.38. The molecule has 0 aliphatic heterocycles. The molecule has 0 radical (unpaired) electrons. The van der Waals surface area contributed by atoms with E-state index in [4.69, 9.17) is 5.11 Å². The second-order valence-corrected chi connectivity index (χ2v) is 6.01. The van der Waals surface area contributed by atoms with Crippen LogP contribution in [0.1, 0.15) is 51.2 Å². The number of carboxylic acid groups (broad SMARTS) is 1. The molecular formula is C16H25NO2. The summed E-state index contributed by atoms with van der Waals surface area (Å²) in [4.78, 5) is 11.0. The highest BCUT2D eigenvalue weighted by Crippen LogP contribution is 2.19. The second kappa shape index (κ2) is 6.71. The van der Waals surface area contributed by atoms with Gasteiger partial charge in [0.2, 0.25) is 0 Å². The van der Waals surface area contributed by atoms with Crippen LogP contribution in [0.5, 0.6) is 0 Å². The average Bonchev–Trinajstić information content (AvgIpc) is 2.35. The molecule has 0 aliphatic rings. The summed E-state index contributed by atoms with van der Waals surface area (Å²) in [5, 5.41) is 12.3. The van der Waals surface area contributed by atoms with Gasteiger partial charge in [-0.05, 0) is 43.9 Å². The molecule has 0 saturated carbocycles. The van der Waals surface area contributed by atoms with Crippen molar-refractivity contribution in [3.63, 3.8) is 0 Å². The van der Waals surface area contributed by atoms with E-state index in [1.54, 1.807) is 13.8 Å². The fraction of sp³-hybridized carbons (Fsp3) is 0.562. The van der Waals surface area contributed by atoms with Crippen LogP contribution < -0.4 is 5.32 Å². The molecule has 1 rings (SSSR count). The first-order valence-electron chi connectivity index (χ1n) is 6.86. The first-order chi connectivity index (χ1) is 8.83. The molecule has 0 bridgehead atoms. The third-order valence-electron chi connectivity index (χ3n) is 3.48. The average molecular weight is 263 g/mol. The smallest absolute Gasteiger partial charge is 0.309 e. The van der Waals surface area contributed by atoms with Crippen molar-refractivity contribution in [3.8, 4) is 0 Å². The lowest BCUT2D eigenvalue weighted by Gasteiger charge is -2.19. The molecular weight excluding hydrogens is 238 g/mol. The van der Waals surface area contributed by atoms with Crippen LogP contribution in [-0.2, 0) is 11.3 Å². The van der Waals surface area contributed by atoms with Gasteiger partial charge in [0.25, 0.3) is 0 Å². The van der Waals surface area contributed by atoms with Crippen LogP contribution >= 0.6 is 0 Å². The minimum Gasteiger partial charge on any atom is -0.481 e. The van der Waals surface area contributed by atoms with Crippen molar-refractivity contribution >= 4 is 5.97 Å². The van der Waals surface area contributed by atoms with Crippen LogP contribution in [0.2, 0.25) is 0 Å². The summed E-state index contributed by atoms with van der Waals surface area (Å²) in [5.41, 5.74) is 1.92. The van der Waals surface area contributed by atoms with Crippen molar-refractivity contribution in [2.45, 2.75) is 46.6 Å². The van der Waals surface area contributed by atoms with Gasteiger partial charge in [0, 0.05) is 6.54 Å². The van der Waals surface area contributed by atoms with Gasteiger partial charge >= 0.3 is 5.97 Å². The van der Waals surface area contributed by atoms with E-state index in [1.807, 2.05) is 0 Å². The molecule has 0 unspecified atom stereocenters. The third kappa shape index (κ3) is 5.03. The number of carbonyl (C=O) groups is 1. The molecule has 106 valence electrons. The number of benzene rings is 1. The van der Waals surface area contributed by atoms with Crippen molar-refractivity contribution < 1.29 is 9.90 Å². The number of aliphatic carboxylic acids is 1. The summed E-state index contributed by atoms with van der Waals surface area (Å²) < 4.78 is 0. The minimum atomic E-state index is -0.740. The van der Waals surface area contributed by atoms with E-state index in [1.165, 1.54) is 11.1 Å². The fourth-order valence-electron chi connectivity index (χ4n) is 1.76. The first-order valence-corrected chi connectivity index (χ1v) is 6.86. The zero-order valence-electron chi connectivity index (χ0n) is 12.4. The monoisotopic (exact) mass is 263 g/mol. The van der Waals surface area contributed by atoms with Crippen molar-refractivity contribution in [2.24, 2.45) is 5.41 Å². The molecule has 0 aliphatic carbocycles. The van der Waals surface area contributed by atoms with E-state index < -0.39 is 11.4 Å². The Bertz CT molecular complexity index is 407. The maximum atomic E-state index is 11.0. The highest BCUT2D eigenvalue weighted by Gasteiger charge is 2.25. The van der Waals surface area contributed by atoms with Crippen LogP contribution in [0.25, 0.3) is 0 Å². The number of carboxylic acids is 1. The van der Waals surface area contributed by atoms with Crippen molar-refractivity contribution in [2.75, 3.05) is 6.54 Å². The van der Waals surface area contributed by atoms with Gasteiger partial charge in [0.15, 0.2) is 0 Å². The van der Waals surface area contributed by atoms with Gasteiger partial charge in [-0.15, -0.1) is 0 Å². The van der Waals surface area contributed by atoms with Crippen molar-refractivity contribution in [1.29, 1.82) is 0 Å². The van der Waals surface area contributed by atoms with Crippen LogP contribution in [0, 0.1) is 5.41 Å². The Morgan fingerprint density at radius 1 is 1.26 bits per heavy atom. The number of hydrogen-bond donors (Lipinski definition) is 2. The summed E-state index contributed by atoms with van der Waals surface area (Å²) >= 11 is 0. The van der Waals surface area contributed by atoms with Gasteiger partial charge in [-0.3, -0.25) is 4.79 Å². The van der Waals surface area contributed by atoms with Gasteiger partial charge in [0.1, 0.15) is 0 Å². The molecule has 0 aromatic heterocycles. The molecule has 3 nitrogen and oxygen atoms in total. The number of nitrogens with one attached hydrogen (secondary N) is 1. The molecule has 0 fully saturated rings. The summed E-state index contributed by atoms with van der Waals surface area (Å²) in [5.74, 6) is -0.186. The van der Waals surface area contributed by atoms with Gasteiger partial charge in [-0.25, -0.2) is 0 Å². The predicted molar refractivity (Wildman–Crippen MR) is 78.3 cm³/mol. The predicted octanol–water partition coefficient (Wildman–Crippen LogP) is 3.40. The zero-order chi connectivity index (χ0) is 14.5. The van der Waals surface area contributed by atoms with Gasteiger partial charge in [-0.2, -0.15) is 0 Å². The molecule has 0 atom stereocenters. The molecule has 1 aromatic rings. The van der Waals surface area contributed by atoms with Crippen molar-refractivity contribution in [3.05, 3.63) is 35.4 Å². The number of rotatable bonds is 7. The van der Waals surface area contributed by atoms with Crippen LogP contribution in [-0.4, -0.2) is 17.6 Å². The second-order valence-electron chi connectivity index (χ2n) is 6.01. The molecule has 0 spiro atoms. The molecule has 0 heterocycles. The highest BCUT2D eigenvalue weighted by atomic mass is 16.4. The van der Waals surface area contributed by atoms with E-state index >= 15 is 0 Å². The quantitative estimate of drug-likeness (QED) is 0.741. The molecule has 1 aromatic carbocycles. The van der Waals surface area contributed by atoms with E-state index in [0.717, 1.165) is 6.54 Å². The first kappa shape index (κ1) is 15.7. The maximum Gasteiger partial charge on any atom is 0.309 e. The van der Waals surface area contributed by atoms with Gasteiger partial charge < -0.3 is 10.4 Å². The largest absolute Gasteiger partial charge is 0.481 e. The standard InChI is InChI=1S/C16H25NO2/c1-12(2)14-7-5-13(6-8-14)11-17-10-9-16(3,4)15(18)19/h5-8,12,17H,9-11H2,1-4H3,(H,18,19). The third-order valence-corrected chi connectivity index (χ3v) is 3.48. The summed E-state index contributed by atoms with van der Waals surface area (Å²) in [6.07, 6.45) is 0.631. The minimum absolute atomic E-state index is 0.554. The molecule has 0 amide bonds. The van der Waals surface area contributed by atoms with Gasteiger partial charge in [0.05, 0.1) is 5.41 Å². The molecule has 2 N–H and O–H groups in total. The summed E-state index contributed by atoms with van der Waals surface area (Å²) in [7, 11) is 0. The van der Waals surface area contributed by atoms with E-state index in [0.29, 0.717) is 18.9 Å². The lowest BCUT2D eigenvalue weighted by atomic mass is 9.90. The maximum absolute atomic E-state index is 11.0. The Labute approximate surface area is 116 Å². The Kier molecular flexibility index (Phi) is 5.55. The molecule has 0 saturated heterocycles. The van der Waals surface area contributed by atoms with Crippen molar-refractivity contribution in [1.82, 2.24) is 5.32 Å². The van der Waals surface area contributed by atoms with E-state index in [-0.39, 0.29) is 0 Å². The normalized spacial score (nSPS) is 11.8. The van der Waals surface area contributed by atoms with Crippen LogP contribution in [0.4, 0.5) is 0 Å². The van der Waals surface area contributed by atoms with E-state index in [9.17, 15) is 4.79 Å². The molecule has 19 heavy (non-hydrogen) atoms. The Hall–Kier alpha value is -1.35. The topological polar surface area (TPSA) is 49.3 Å². The zero-order valence-corrected chi connectivity index (χ0v) is 12.4. The Morgan fingerprint density at radius 3 is 2.32 bits per heavy atom. The SMILES string of the molecule is CC(C)c1ccc(CNCCC(C)(C)C(=O)O)cc1.